The zero-order valence-corrected chi connectivity index (χ0v) is 16.2. The van der Waals surface area contributed by atoms with Crippen LogP contribution in [-0.4, -0.2) is 52.4 Å². The van der Waals surface area contributed by atoms with E-state index in [2.05, 4.69) is 20.4 Å². The molecule has 0 aliphatic heterocycles. The minimum absolute atomic E-state index is 0.0271. The summed E-state index contributed by atoms with van der Waals surface area (Å²) in [4.78, 5) is 15.2. The van der Waals surface area contributed by atoms with Crippen molar-refractivity contribution in [2.24, 2.45) is 4.99 Å². The fourth-order valence-corrected chi connectivity index (χ4v) is 2.29. The maximum absolute atomic E-state index is 11.0. The number of benzene rings is 1. The normalized spacial score (nSPS) is 12.2. The van der Waals surface area contributed by atoms with Gasteiger partial charge in [-0.05, 0) is 31.9 Å². The van der Waals surface area contributed by atoms with E-state index in [4.69, 9.17) is 9.47 Å². The van der Waals surface area contributed by atoms with Gasteiger partial charge in [0.05, 0.1) is 20.8 Å². The van der Waals surface area contributed by atoms with Crippen LogP contribution in [0.25, 0.3) is 0 Å². The van der Waals surface area contributed by atoms with Crippen molar-refractivity contribution in [3.63, 3.8) is 0 Å². The van der Waals surface area contributed by atoms with E-state index < -0.39 is 0 Å². The standard InChI is InChI=1S/C19H31N3O4/c1-15(26-17-10-8-9-16(13-17)24-3)14-22-19(20-2)21-12-7-5-6-11-18(23)25-4/h8-10,13,15H,5-7,11-12,14H2,1-4H3,(H2,20,21,22). The molecule has 7 nitrogen and oxygen atoms in total. The molecule has 2 N–H and O–H groups in total. The number of methoxy groups -OCH3 is 2. The van der Waals surface area contributed by atoms with Crippen molar-refractivity contribution in [1.82, 2.24) is 10.6 Å². The van der Waals surface area contributed by atoms with Crippen LogP contribution < -0.4 is 20.1 Å². The highest BCUT2D eigenvalue weighted by Crippen LogP contribution is 2.19. The second kappa shape index (κ2) is 12.9. The molecule has 0 aromatic heterocycles. The number of aliphatic imine (C=N–C) groups is 1. The highest BCUT2D eigenvalue weighted by atomic mass is 16.5. The van der Waals surface area contributed by atoms with Crippen LogP contribution in [0.4, 0.5) is 0 Å². The lowest BCUT2D eigenvalue weighted by molar-refractivity contribution is -0.140. The van der Waals surface area contributed by atoms with E-state index in [9.17, 15) is 4.79 Å². The Hall–Kier alpha value is -2.44. The lowest BCUT2D eigenvalue weighted by Crippen LogP contribution is -2.42. The molecule has 0 radical (unpaired) electrons. The molecular formula is C19H31N3O4. The van der Waals surface area contributed by atoms with Crippen LogP contribution in [0.3, 0.4) is 0 Å². The van der Waals surface area contributed by atoms with Crippen LogP contribution in [0.2, 0.25) is 0 Å². The third-order valence-electron chi connectivity index (χ3n) is 3.74. The van der Waals surface area contributed by atoms with Gasteiger partial charge in [0.15, 0.2) is 5.96 Å². The Bertz CT molecular complexity index is 563. The lowest BCUT2D eigenvalue weighted by Gasteiger charge is -2.18. The van der Waals surface area contributed by atoms with Crippen LogP contribution in [0, 0.1) is 0 Å². The first kappa shape index (κ1) is 21.6. The maximum atomic E-state index is 11.0. The molecule has 7 heteroatoms. The fourth-order valence-electron chi connectivity index (χ4n) is 2.29. The van der Waals surface area contributed by atoms with Crippen LogP contribution in [0.1, 0.15) is 32.6 Å². The van der Waals surface area contributed by atoms with Gasteiger partial charge in [-0.3, -0.25) is 9.79 Å². The Labute approximate surface area is 156 Å². The summed E-state index contributed by atoms with van der Waals surface area (Å²) in [7, 11) is 4.79. The van der Waals surface area contributed by atoms with Gasteiger partial charge in [-0.2, -0.15) is 0 Å². The molecule has 0 fully saturated rings. The number of nitrogens with zero attached hydrogens (tertiary/aromatic N) is 1. The quantitative estimate of drug-likeness (QED) is 0.271. The smallest absolute Gasteiger partial charge is 0.305 e. The molecule has 0 amide bonds. The van der Waals surface area contributed by atoms with Gasteiger partial charge in [-0.1, -0.05) is 12.5 Å². The third kappa shape index (κ3) is 9.15. The molecule has 1 unspecified atom stereocenters. The van der Waals surface area contributed by atoms with E-state index in [1.165, 1.54) is 7.11 Å². The molecule has 1 aromatic carbocycles. The summed E-state index contributed by atoms with van der Waals surface area (Å²) in [6.07, 6.45) is 3.22. The summed E-state index contributed by atoms with van der Waals surface area (Å²) >= 11 is 0. The lowest BCUT2D eigenvalue weighted by atomic mass is 10.2. The number of nitrogens with one attached hydrogen (secondary N) is 2. The predicted molar refractivity (Wildman–Crippen MR) is 103 cm³/mol. The number of carbonyl (C=O) groups is 1. The van der Waals surface area contributed by atoms with E-state index in [1.807, 2.05) is 31.2 Å². The second-order valence-electron chi connectivity index (χ2n) is 5.87. The van der Waals surface area contributed by atoms with Crippen molar-refractivity contribution in [1.29, 1.82) is 0 Å². The monoisotopic (exact) mass is 365 g/mol. The minimum Gasteiger partial charge on any atom is -0.497 e. The van der Waals surface area contributed by atoms with Crippen LogP contribution in [0.15, 0.2) is 29.3 Å². The summed E-state index contributed by atoms with van der Waals surface area (Å²) < 4.78 is 15.7. The van der Waals surface area contributed by atoms with Gasteiger partial charge in [0.1, 0.15) is 17.6 Å². The van der Waals surface area contributed by atoms with Crippen molar-refractivity contribution in [2.75, 3.05) is 34.4 Å². The zero-order chi connectivity index (χ0) is 19.2. The number of carbonyl (C=O) groups excluding carboxylic acids is 1. The molecule has 1 atom stereocenters. The predicted octanol–water partition coefficient (Wildman–Crippen LogP) is 2.36. The largest absolute Gasteiger partial charge is 0.497 e. The molecule has 0 aliphatic rings. The molecule has 0 aliphatic carbocycles. The van der Waals surface area contributed by atoms with E-state index in [-0.39, 0.29) is 12.1 Å². The van der Waals surface area contributed by atoms with Gasteiger partial charge < -0.3 is 24.8 Å². The number of guanidine groups is 1. The number of hydrogen-bond acceptors (Lipinski definition) is 5. The zero-order valence-electron chi connectivity index (χ0n) is 16.2. The topological polar surface area (TPSA) is 81.2 Å². The number of esters is 1. The first-order valence-electron chi connectivity index (χ1n) is 8.91. The van der Waals surface area contributed by atoms with Crippen molar-refractivity contribution < 1.29 is 19.0 Å². The van der Waals surface area contributed by atoms with Gasteiger partial charge in [0.25, 0.3) is 0 Å². The van der Waals surface area contributed by atoms with Crippen LogP contribution >= 0.6 is 0 Å². The van der Waals surface area contributed by atoms with Gasteiger partial charge in [0, 0.05) is 26.1 Å². The van der Waals surface area contributed by atoms with Crippen LogP contribution in [0.5, 0.6) is 11.5 Å². The fraction of sp³-hybridized carbons (Fsp3) is 0.579. The number of rotatable bonds is 11. The summed E-state index contributed by atoms with van der Waals surface area (Å²) in [6, 6.07) is 7.54. The summed E-state index contributed by atoms with van der Waals surface area (Å²) in [6.45, 7) is 3.41. The molecule has 0 saturated heterocycles. The van der Waals surface area contributed by atoms with Gasteiger partial charge in [-0.25, -0.2) is 0 Å². The highest BCUT2D eigenvalue weighted by Gasteiger charge is 2.06. The maximum Gasteiger partial charge on any atom is 0.305 e. The molecule has 1 rings (SSSR count). The molecule has 0 saturated carbocycles. The Kier molecular flexibility index (Phi) is 10.7. The van der Waals surface area contributed by atoms with Crippen LogP contribution in [-0.2, 0) is 9.53 Å². The Morgan fingerprint density at radius 1 is 1.15 bits per heavy atom. The van der Waals surface area contributed by atoms with Gasteiger partial charge in [-0.15, -0.1) is 0 Å². The molecule has 26 heavy (non-hydrogen) atoms. The molecule has 0 bridgehead atoms. The average Bonchev–Trinajstić information content (AvgIpc) is 2.66. The Morgan fingerprint density at radius 3 is 2.62 bits per heavy atom. The molecule has 0 spiro atoms. The van der Waals surface area contributed by atoms with E-state index in [0.717, 1.165) is 43.3 Å². The second-order valence-corrected chi connectivity index (χ2v) is 5.87. The van der Waals surface area contributed by atoms with Crippen molar-refractivity contribution in [2.45, 2.75) is 38.7 Å². The number of ether oxygens (including phenoxy) is 3. The van der Waals surface area contributed by atoms with Gasteiger partial charge in [0.2, 0.25) is 0 Å². The van der Waals surface area contributed by atoms with Gasteiger partial charge >= 0.3 is 5.97 Å². The van der Waals surface area contributed by atoms with Crippen molar-refractivity contribution >= 4 is 11.9 Å². The highest BCUT2D eigenvalue weighted by molar-refractivity contribution is 5.79. The van der Waals surface area contributed by atoms with E-state index in [1.54, 1.807) is 14.2 Å². The Balaban J connectivity index is 2.21. The van der Waals surface area contributed by atoms with Crippen molar-refractivity contribution in [3.05, 3.63) is 24.3 Å². The first-order valence-corrected chi connectivity index (χ1v) is 8.91. The summed E-state index contributed by atoms with van der Waals surface area (Å²) in [5, 5.41) is 6.50. The van der Waals surface area contributed by atoms with E-state index in [0.29, 0.717) is 13.0 Å². The number of hydrogen-bond donors (Lipinski definition) is 2. The number of unbranched alkanes of at least 4 members (excludes halogenated alkanes) is 2. The summed E-state index contributed by atoms with van der Waals surface area (Å²) in [5.74, 6) is 2.12. The first-order chi connectivity index (χ1) is 12.6. The molecule has 1 aromatic rings. The third-order valence-corrected chi connectivity index (χ3v) is 3.74. The minimum atomic E-state index is -0.152. The molecule has 146 valence electrons. The molecule has 0 heterocycles. The van der Waals surface area contributed by atoms with Crippen molar-refractivity contribution in [3.8, 4) is 11.5 Å². The summed E-state index contributed by atoms with van der Waals surface area (Å²) in [5.41, 5.74) is 0. The van der Waals surface area contributed by atoms with E-state index >= 15 is 0 Å². The SMILES string of the molecule is CN=C(NCCCCCC(=O)OC)NCC(C)Oc1cccc(OC)c1. The average molecular weight is 365 g/mol. The Morgan fingerprint density at radius 2 is 1.92 bits per heavy atom. The molecular weight excluding hydrogens is 334 g/mol.